The van der Waals surface area contributed by atoms with E-state index in [4.69, 9.17) is 9.26 Å². The molecule has 1 fully saturated rings. The summed E-state index contributed by atoms with van der Waals surface area (Å²) in [6.45, 7) is 5.25. The largest absolute Gasteiger partial charge is 0.368 e. The smallest absolute Gasteiger partial charge is 0.151 e. The molecular formula is C18H19N3O2S. The van der Waals surface area contributed by atoms with Crippen molar-refractivity contribution in [3.8, 4) is 11.3 Å². The predicted molar refractivity (Wildman–Crippen MR) is 92.8 cm³/mol. The minimum absolute atomic E-state index is 0.0539. The zero-order chi connectivity index (χ0) is 16.4. The molecule has 1 aliphatic heterocycles. The third-order valence-corrected chi connectivity index (χ3v) is 5.03. The highest BCUT2D eigenvalue weighted by molar-refractivity contribution is 7.09. The highest BCUT2D eigenvalue weighted by atomic mass is 32.1. The Morgan fingerprint density at radius 2 is 2.17 bits per heavy atom. The lowest BCUT2D eigenvalue weighted by Crippen LogP contribution is -2.37. The van der Waals surface area contributed by atoms with Gasteiger partial charge < -0.3 is 9.26 Å². The van der Waals surface area contributed by atoms with Gasteiger partial charge in [0, 0.05) is 36.3 Å². The molecule has 3 heterocycles. The van der Waals surface area contributed by atoms with E-state index in [1.54, 1.807) is 11.3 Å². The summed E-state index contributed by atoms with van der Waals surface area (Å²) in [4.78, 5) is 6.69. The number of aryl methyl sites for hydroxylation is 1. The molecule has 1 atom stereocenters. The molecule has 0 bridgehead atoms. The molecule has 1 saturated heterocycles. The quantitative estimate of drug-likeness (QED) is 0.724. The van der Waals surface area contributed by atoms with Gasteiger partial charge in [-0.2, -0.15) is 0 Å². The van der Waals surface area contributed by atoms with Crippen LogP contribution in [0.25, 0.3) is 11.3 Å². The number of hydrogen-bond acceptors (Lipinski definition) is 6. The second-order valence-corrected chi connectivity index (χ2v) is 6.94. The van der Waals surface area contributed by atoms with Crippen molar-refractivity contribution < 1.29 is 9.26 Å². The summed E-state index contributed by atoms with van der Waals surface area (Å²) in [6.07, 6.45) is 1.88. The van der Waals surface area contributed by atoms with Crippen LogP contribution in [-0.4, -0.2) is 34.7 Å². The molecule has 2 aromatic heterocycles. The molecule has 5 nitrogen and oxygen atoms in total. The predicted octanol–water partition coefficient (Wildman–Crippen LogP) is 3.68. The van der Waals surface area contributed by atoms with Gasteiger partial charge in [0.15, 0.2) is 5.76 Å². The van der Waals surface area contributed by atoms with E-state index in [9.17, 15) is 0 Å². The maximum atomic E-state index is 5.84. The van der Waals surface area contributed by atoms with Crippen molar-refractivity contribution in [1.82, 2.24) is 15.0 Å². The van der Waals surface area contributed by atoms with Gasteiger partial charge in [-0.15, -0.1) is 11.3 Å². The van der Waals surface area contributed by atoms with Gasteiger partial charge in [0.1, 0.15) is 16.8 Å². The number of aromatic nitrogens is 2. The van der Waals surface area contributed by atoms with Crippen LogP contribution in [-0.2, 0) is 11.3 Å². The van der Waals surface area contributed by atoms with Crippen molar-refractivity contribution in [3.05, 3.63) is 58.2 Å². The molecule has 1 aliphatic rings. The highest BCUT2D eigenvalue weighted by Crippen LogP contribution is 2.26. The molecule has 0 N–H and O–H groups in total. The van der Waals surface area contributed by atoms with Crippen molar-refractivity contribution in [2.24, 2.45) is 0 Å². The Kier molecular flexibility index (Phi) is 4.42. The topological polar surface area (TPSA) is 51.4 Å². The van der Waals surface area contributed by atoms with Gasteiger partial charge in [-0.3, -0.25) is 4.90 Å². The van der Waals surface area contributed by atoms with Crippen molar-refractivity contribution >= 4 is 11.3 Å². The Morgan fingerprint density at radius 3 is 2.96 bits per heavy atom. The standard InChI is InChI=1S/C18H19N3O2S/c1-13-2-4-14(5-3-13)16-10-15(23-20-16)11-21-7-8-22-17(12-21)18-19-6-9-24-18/h2-6,9-10,17H,7-8,11-12H2,1H3/t17-/m1/s1. The minimum atomic E-state index is 0.0539. The lowest BCUT2D eigenvalue weighted by molar-refractivity contribution is -0.0351. The molecule has 1 aromatic carbocycles. The second kappa shape index (κ2) is 6.84. The first-order chi connectivity index (χ1) is 11.8. The van der Waals surface area contributed by atoms with E-state index in [2.05, 4.69) is 46.2 Å². The first-order valence-corrected chi connectivity index (χ1v) is 8.92. The van der Waals surface area contributed by atoms with Crippen LogP contribution in [0.15, 0.2) is 46.4 Å². The molecule has 0 spiro atoms. The van der Waals surface area contributed by atoms with Crippen molar-refractivity contribution in [2.75, 3.05) is 19.7 Å². The van der Waals surface area contributed by atoms with Gasteiger partial charge in [-0.05, 0) is 6.92 Å². The molecule has 0 radical (unpaired) electrons. The Bertz CT molecular complexity index is 783. The Morgan fingerprint density at radius 1 is 1.29 bits per heavy atom. The number of benzene rings is 1. The summed E-state index contributed by atoms with van der Waals surface area (Å²) in [6, 6.07) is 10.3. The van der Waals surface area contributed by atoms with Crippen LogP contribution in [0.3, 0.4) is 0 Å². The van der Waals surface area contributed by atoms with Crippen LogP contribution < -0.4 is 0 Å². The van der Waals surface area contributed by atoms with E-state index in [0.717, 1.165) is 41.7 Å². The summed E-state index contributed by atoms with van der Waals surface area (Å²) in [7, 11) is 0. The molecule has 0 saturated carbocycles. The van der Waals surface area contributed by atoms with Crippen LogP contribution in [0.4, 0.5) is 0 Å². The van der Waals surface area contributed by atoms with Gasteiger partial charge in [-0.25, -0.2) is 4.98 Å². The Labute approximate surface area is 144 Å². The summed E-state index contributed by atoms with van der Waals surface area (Å²) in [5.74, 6) is 0.880. The molecule has 6 heteroatoms. The van der Waals surface area contributed by atoms with E-state index in [0.29, 0.717) is 6.61 Å². The van der Waals surface area contributed by atoms with Gasteiger partial charge in [-0.1, -0.05) is 35.0 Å². The molecule has 24 heavy (non-hydrogen) atoms. The normalized spacial score (nSPS) is 18.8. The van der Waals surface area contributed by atoms with E-state index in [-0.39, 0.29) is 6.10 Å². The molecule has 0 unspecified atom stereocenters. The molecule has 0 amide bonds. The van der Waals surface area contributed by atoms with Crippen molar-refractivity contribution in [1.29, 1.82) is 0 Å². The maximum absolute atomic E-state index is 5.84. The number of morpholine rings is 1. The van der Waals surface area contributed by atoms with Crippen LogP contribution in [0.1, 0.15) is 22.4 Å². The van der Waals surface area contributed by atoms with Gasteiger partial charge >= 0.3 is 0 Å². The lowest BCUT2D eigenvalue weighted by Gasteiger charge is -2.31. The third kappa shape index (κ3) is 3.40. The maximum Gasteiger partial charge on any atom is 0.151 e. The summed E-state index contributed by atoms with van der Waals surface area (Å²) in [5.41, 5.74) is 3.21. The molecule has 124 valence electrons. The van der Waals surface area contributed by atoms with E-state index in [1.165, 1.54) is 5.56 Å². The van der Waals surface area contributed by atoms with Gasteiger partial charge in [0.2, 0.25) is 0 Å². The van der Waals surface area contributed by atoms with Crippen LogP contribution in [0.5, 0.6) is 0 Å². The Hall–Kier alpha value is -2.02. The van der Waals surface area contributed by atoms with Crippen LogP contribution >= 0.6 is 11.3 Å². The van der Waals surface area contributed by atoms with Gasteiger partial charge in [0.05, 0.1) is 13.2 Å². The van der Waals surface area contributed by atoms with Crippen LogP contribution in [0.2, 0.25) is 0 Å². The summed E-state index contributed by atoms with van der Waals surface area (Å²) >= 11 is 1.64. The molecular weight excluding hydrogens is 322 g/mol. The minimum Gasteiger partial charge on any atom is -0.368 e. The summed E-state index contributed by atoms with van der Waals surface area (Å²) < 4.78 is 11.4. The van der Waals surface area contributed by atoms with Crippen LogP contribution in [0, 0.1) is 6.92 Å². The number of hydrogen-bond donors (Lipinski definition) is 0. The SMILES string of the molecule is Cc1ccc(-c2cc(CN3CCO[C@@H](c4nccs4)C3)on2)cc1. The number of thiazole rings is 1. The van der Waals surface area contributed by atoms with E-state index in [1.807, 2.05) is 17.6 Å². The average molecular weight is 341 g/mol. The van der Waals surface area contributed by atoms with E-state index < -0.39 is 0 Å². The monoisotopic (exact) mass is 341 g/mol. The van der Waals surface area contributed by atoms with Crippen molar-refractivity contribution in [2.45, 2.75) is 19.6 Å². The Balaban J connectivity index is 1.43. The highest BCUT2D eigenvalue weighted by Gasteiger charge is 2.24. The van der Waals surface area contributed by atoms with Crippen molar-refractivity contribution in [3.63, 3.8) is 0 Å². The van der Waals surface area contributed by atoms with Gasteiger partial charge in [0.25, 0.3) is 0 Å². The first-order valence-electron chi connectivity index (χ1n) is 8.04. The second-order valence-electron chi connectivity index (χ2n) is 6.01. The fraction of sp³-hybridized carbons (Fsp3) is 0.333. The number of ether oxygens (including phenoxy) is 1. The number of rotatable bonds is 4. The lowest BCUT2D eigenvalue weighted by atomic mass is 10.1. The van der Waals surface area contributed by atoms with E-state index >= 15 is 0 Å². The molecule has 4 rings (SSSR count). The zero-order valence-corrected chi connectivity index (χ0v) is 14.3. The fourth-order valence-electron chi connectivity index (χ4n) is 2.86. The zero-order valence-electron chi connectivity index (χ0n) is 13.5. The molecule has 0 aliphatic carbocycles. The average Bonchev–Trinajstić information content (AvgIpc) is 3.28. The summed E-state index contributed by atoms with van der Waals surface area (Å²) in [5, 5.41) is 7.23. The molecule has 3 aromatic rings. The fourth-order valence-corrected chi connectivity index (χ4v) is 3.53. The third-order valence-electron chi connectivity index (χ3n) is 4.16. The number of nitrogens with zero attached hydrogens (tertiary/aromatic N) is 3. The first kappa shape index (κ1) is 15.5.